The van der Waals surface area contributed by atoms with Gasteiger partial charge in [-0.2, -0.15) is 0 Å². The maximum absolute atomic E-state index is 12.7. The number of anilines is 1. The van der Waals surface area contributed by atoms with Gasteiger partial charge in [-0.3, -0.25) is 9.59 Å². The molecule has 122 valence electrons. The number of methoxy groups -OCH3 is 2. The number of hydrogen-bond acceptors (Lipinski definition) is 5. The molecular formula is C17H12BrNO5. The van der Waals surface area contributed by atoms with Crippen LogP contribution < -0.4 is 9.64 Å². The molecule has 24 heavy (non-hydrogen) atoms. The van der Waals surface area contributed by atoms with E-state index in [2.05, 4.69) is 15.9 Å². The van der Waals surface area contributed by atoms with Crippen molar-refractivity contribution in [3.8, 4) is 5.75 Å². The van der Waals surface area contributed by atoms with E-state index in [4.69, 9.17) is 9.47 Å². The second-order valence-corrected chi connectivity index (χ2v) is 5.84. The van der Waals surface area contributed by atoms with Crippen molar-refractivity contribution < 1.29 is 23.9 Å². The van der Waals surface area contributed by atoms with Crippen LogP contribution in [0.3, 0.4) is 0 Å². The highest BCUT2D eigenvalue weighted by Gasteiger charge is 2.38. The van der Waals surface area contributed by atoms with Gasteiger partial charge in [0.15, 0.2) is 0 Å². The molecule has 0 unspecified atom stereocenters. The highest BCUT2D eigenvalue weighted by atomic mass is 79.9. The standard InChI is InChI=1S/C17H12BrNO5/c1-23-14-8-13(11(7-12(14)18)17(22)24-2)19-15(20)9-5-3-4-6-10(9)16(19)21/h3-8H,1-2H3. The molecule has 0 atom stereocenters. The van der Waals surface area contributed by atoms with Crippen LogP contribution in [0.2, 0.25) is 0 Å². The van der Waals surface area contributed by atoms with E-state index < -0.39 is 17.8 Å². The summed E-state index contributed by atoms with van der Waals surface area (Å²) in [5.74, 6) is -1.27. The van der Waals surface area contributed by atoms with E-state index >= 15 is 0 Å². The van der Waals surface area contributed by atoms with Gasteiger partial charge in [-0.05, 0) is 34.1 Å². The Hall–Kier alpha value is -2.67. The highest BCUT2D eigenvalue weighted by Crippen LogP contribution is 2.37. The van der Waals surface area contributed by atoms with Gasteiger partial charge in [-0.25, -0.2) is 9.69 Å². The molecule has 0 aromatic heterocycles. The summed E-state index contributed by atoms with van der Waals surface area (Å²) in [5, 5.41) is 0. The van der Waals surface area contributed by atoms with Crippen LogP contribution in [0.15, 0.2) is 40.9 Å². The molecule has 3 rings (SSSR count). The predicted molar refractivity (Wildman–Crippen MR) is 89.6 cm³/mol. The Balaban J connectivity index is 2.21. The van der Waals surface area contributed by atoms with Gasteiger partial charge in [-0.1, -0.05) is 12.1 Å². The van der Waals surface area contributed by atoms with E-state index in [0.29, 0.717) is 21.3 Å². The van der Waals surface area contributed by atoms with Crippen LogP contribution in [0.1, 0.15) is 31.1 Å². The van der Waals surface area contributed by atoms with Crippen molar-refractivity contribution in [2.45, 2.75) is 0 Å². The Morgan fingerprint density at radius 1 is 1.04 bits per heavy atom. The van der Waals surface area contributed by atoms with Gasteiger partial charge in [0.05, 0.1) is 41.1 Å². The van der Waals surface area contributed by atoms with Gasteiger partial charge in [0.2, 0.25) is 0 Å². The number of rotatable bonds is 3. The van der Waals surface area contributed by atoms with Gasteiger partial charge in [0, 0.05) is 6.07 Å². The topological polar surface area (TPSA) is 72.9 Å². The molecule has 0 saturated heterocycles. The fourth-order valence-corrected chi connectivity index (χ4v) is 3.07. The first-order valence-electron chi connectivity index (χ1n) is 6.93. The van der Waals surface area contributed by atoms with E-state index in [1.807, 2.05) is 0 Å². The van der Waals surface area contributed by atoms with Crippen molar-refractivity contribution in [3.05, 3.63) is 57.6 Å². The average molecular weight is 390 g/mol. The number of ether oxygens (including phenoxy) is 2. The molecule has 2 aromatic carbocycles. The number of halogens is 1. The number of carbonyl (C=O) groups is 3. The fourth-order valence-electron chi connectivity index (χ4n) is 2.57. The number of hydrogen-bond donors (Lipinski definition) is 0. The Morgan fingerprint density at radius 3 is 2.12 bits per heavy atom. The van der Waals surface area contributed by atoms with Crippen molar-refractivity contribution in [1.29, 1.82) is 0 Å². The van der Waals surface area contributed by atoms with Crippen molar-refractivity contribution in [2.75, 3.05) is 19.1 Å². The number of carbonyl (C=O) groups excluding carboxylic acids is 3. The molecule has 0 radical (unpaired) electrons. The maximum atomic E-state index is 12.7. The van der Waals surface area contributed by atoms with Gasteiger partial charge in [0.25, 0.3) is 11.8 Å². The monoisotopic (exact) mass is 389 g/mol. The van der Waals surface area contributed by atoms with Gasteiger partial charge >= 0.3 is 5.97 Å². The summed E-state index contributed by atoms with van der Waals surface area (Å²) in [6.07, 6.45) is 0. The van der Waals surface area contributed by atoms with Crippen molar-refractivity contribution in [2.24, 2.45) is 0 Å². The van der Waals surface area contributed by atoms with Crippen molar-refractivity contribution in [1.82, 2.24) is 0 Å². The molecule has 0 bridgehead atoms. The quantitative estimate of drug-likeness (QED) is 0.595. The molecule has 1 heterocycles. The lowest BCUT2D eigenvalue weighted by Gasteiger charge is -2.19. The molecule has 7 heteroatoms. The number of benzene rings is 2. The zero-order valence-corrected chi connectivity index (χ0v) is 14.4. The lowest BCUT2D eigenvalue weighted by molar-refractivity contribution is 0.0601. The van der Waals surface area contributed by atoms with E-state index in [1.54, 1.807) is 24.3 Å². The number of esters is 1. The maximum Gasteiger partial charge on any atom is 0.340 e. The van der Waals surface area contributed by atoms with Crippen molar-refractivity contribution >= 4 is 39.4 Å². The molecule has 2 aromatic rings. The lowest BCUT2D eigenvalue weighted by atomic mass is 10.1. The molecule has 0 saturated carbocycles. The van der Waals surface area contributed by atoms with Gasteiger partial charge in [0.1, 0.15) is 5.75 Å². The molecular weight excluding hydrogens is 378 g/mol. The highest BCUT2D eigenvalue weighted by molar-refractivity contribution is 9.10. The van der Waals surface area contributed by atoms with Gasteiger partial charge < -0.3 is 9.47 Å². The minimum Gasteiger partial charge on any atom is -0.495 e. The Labute approximate surface area is 146 Å². The summed E-state index contributed by atoms with van der Waals surface area (Å²) < 4.78 is 10.5. The number of nitrogens with zero attached hydrogens (tertiary/aromatic N) is 1. The third-order valence-electron chi connectivity index (χ3n) is 3.71. The zero-order valence-electron chi connectivity index (χ0n) is 12.8. The number of imide groups is 1. The van der Waals surface area contributed by atoms with Crippen LogP contribution >= 0.6 is 15.9 Å². The van der Waals surface area contributed by atoms with E-state index in [-0.39, 0.29) is 11.3 Å². The van der Waals surface area contributed by atoms with Crippen LogP contribution in [-0.2, 0) is 4.74 Å². The Bertz CT molecular complexity index is 842. The average Bonchev–Trinajstić information content (AvgIpc) is 2.85. The number of amides is 2. The Morgan fingerprint density at radius 2 is 1.62 bits per heavy atom. The third kappa shape index (κ3) is 2.37. The Kier molecular flexibility index (Phi) is 4.11. The largest absolute Gasteiger partial charge is 0.495 e. The zero-order chi connectivity index (χ0) is 17.4. The summed E-state index contributed by atoms with van der Waals surface area (Å²) in [6.45, 7) is 0. The normalized spacial score (nSPS) is 13.0. The van der Waals surface area contributed by atoms with Crippen molar-refractivity contribution in [3.63, 3.8) is 0 Å². The first kappa shape index (κ1) is 16.2. The van der Waals surface area contributed by atoms with Crippen LogP contribution in [0, 0.1) is 0 Å². The fraction of sp³-hybridized carbons (Fsp3) is 0.118. The molecule has 0 N–H and O–H groups in total. The minimum atomic E-state index is -0.662. The molecule has 0 fully saturated rings. The summed E-state index contributed by atoms with van der Waals surface area (Å²) in [5.41, 5.74) is 0.785. The van der Waals surface area contributed by atoms with E-state index in [9.17, 15) is 14.4 Å². The van der Waals surface area contributed by atoms with Crippen LogP contribution in [0.4, 0.5) is 5.69 Å². The molecule has 1 aliphatic rings. The van der Waals surface area contributed by atoms with Crippen LogP contribution in [-0.4, -0.2) is 32.0 Å². The molecule has 1 aliphatic heterocycles. The number of fused-ring (bicyclic) bond motifs is 1. The second-order valence-electron chi connectivity index (χ2n) is 4.99. The van der Waals surface area contributed by atoms with E-state index in [0.717, 1.165) is 4.90 Å². The molecule has 0 spiro atoms. The molecule has 2 amide bonds. The summed E-state index contributed by atoms with van der Waals surface area (Å²) >= 11 is 3.28. The summed E-state index contributed by atoms with van der Waals surface area (Å²) in [7, 11) is 2.68. The molecule has 6 nitrogen and oxygen atoms in total. The van der Waals surface area contributed by atoms with Crippen LogP contribution in [0.5, 0.6) is 5.75 Å². The minimum absolute atomic E-state index is 0.0830. The van der Waals surface area contributed by atoms with Gasteiger partial charge in [-0.15, -0.1) is 0 Å². The summed E-state index contributed by atoms with van der Waals surface area (Å²) in [4.78, 5) is 38.4. The first-order valence-corrected chi connectivity index (χ1v) is 7.72. The third-order valence-corrected chi connectivity index (χ3v) is 4.33. The van der Waals surface area contributed by atoms with Crippen LogP contribution in [0.25, 0.3) is 0 Å². The predicted octanol–water partition coefficient (Wildman–Crippen LogP) is 3.04. The second kappa shape index (κ2) is 6.09. The van der Waals surface area contributed by atoms with E-state index in [1.165, 1.54) is 26.4 Å². The SMILES string of the molecule is COC(=O)c1cc(Br)c(OC)cc1N1C(=O)c2ccccc2C1=O. The lowest BCUT2D eigenvalue weighted by Crippen LogP contribution is -2.31. The smallest absolute Gasteiger partial charge is 0.340 e. The first-order chi connectivity index (χ1) is 11.5. The molecule has 0 aliphatic carbocycles. The summed E-state index contributed by atoms with van der Waals surface area (Å²) in [6, 6.07) is 9.42.